The Hall–Kier alpha value is -1.13. The Kier molecular flexibility index (Phi) is 6.00. The van der Waals surface area contributed by atoms with E-state index >= 15 is 0 Å². The van der Waals surface area contributed by atoms with Gasteiger partial charge in [0, 0.05) is 4.88 Å². The van der Waals surface area contributed by atoms with Crippen LogP contribution >= 0.6 is 27.3 Å². The minimum absolute atomic E-state index is 0.0837. The molecule has 0 saturated heterocycles. The molecule has 0 spiro atoms. The second-order valence-corrected chi connectivity index (χ2v) is 7.75. The first-order valence-electron chi connectivity index (χ1n) is 7.18. The molecule has 2 nitrogen and oxygen atoms in total. The van der Waals surface area contributed by atoms with Gasteiger partial charge < -0.3 is 5.32 Å². The summed E-state index contributed by atoms with van der Waals surface area (Å²) in [7, 11) is 0. The van der Waals surface area contributed by atoms with Crippen LogP contribution < -0.4 is 5.32 Å². The maximum Gasteiger partial charge on any atom is 0.228 e. The zero-order valence-electron chi connectivity index (χ0n) is 12.3. The first-order valence-corrected chi connectivity index (χ1v) is 8.79. The minimum atomic E-state index is -0.0837. The van der Waals surface area contributed by atoms with Gasteiger partial charge >= 0.3 is 0 Å². The topological polar surface area (TPSA) is 29.1 Å². The summed E-state index contributed by atoms with van der Waals surface area (Å²) in [6.07, 6.45) is 0.984. The molecule has 0 fully saturated rings. The number of hydrogen-bond donors (Lipinski definition) is 1. The molecular weight excluding hydrogens is 346 g/mol. The van der Waals surface area contributed by atoms with Crippen molar-refractivity contribution in [1.82, 2.24) is 5.32 Å². The van der Waals surface area contributed by atoms with E-state index in [4.69, 9.17) is 0 Å². The SMILES string of the molecule is CCC(C)C(C(=O)NCc1ccc(Br)s1)c1ccccc1. The van der Waals surface area contributed by atoms with Gasteiger partial charge in [0.1, 0.15) is 0 Å². The van der Waals surface area contributed by atoms with Crippen LogP contribution in [0.15, 0.2) is 46.3 Å². The summed E-state index contributed by atoms with van der Waals surface area (Å²) in [5, 5.41) is 3.08. The molecule has 0 radical (unpaired) electrons. The van der Waals surface area contributed by atoms with Crippen LogP contribution in [0.5, 0.6) is 0 Å². The van der Waals surface area contributed by atoms with Crippen LogP contribution in [0, 0.1) is 5.92 Å². The van der Waals surface area contributed by atoms with Crippen molar-refractivity contribution in [1.29, 1.82) is 0 Å². The third kappa shape index (κ3) is 4.42. The van der Waals surface area contributed by atoms with Crippen LogP contribution in [-0.2, 0) is 11.3 Å². The molecule has 1 N–H and O–H groups in total. The van der Waals surface area contributed by atoms with Crippen LogP contribution in [0.1, 0.15) is 36.6 Å². The Morgan fingerprint density at radius 3 is 2.52 bits per heavy atom. The van der Waals surface area contributed by atoms with E-state index in [1.54, 1.807) is 11.3 Å². The average Bonchev–Trinajstić information content (AvgIpc) is 2.92. The van der Waals surface area contributed by atoms with Crippen LogP contribution in [0.25, 0.3) is 0 Å². The van der Waals surface area contributed by atoms with E-state index in [1.165, 1.54) is 0 Å². The van der Waals surface area contributed by atoms with Crippen molar-refractivity contribution >= 4 is 33.2 Å². The zero-order chi connectivity index (χ0) is 15.2. The lowest BCUT2D eigenvalue weighted by Crippen LogP contribution is -2.32. The minimum Gasteiger partial charge on any atom is -0.351 e. The molecule has 0 aliphatic carbocycles. The van der Waals surface area contributed by atoms with E-state index in [-0.39, 0.29) is 11.8 Å². The van der Waals surface area contributed by atoms with Crippen LogP contribution in [0.3, 0.4) is 0 Å². The molecule has 2 atom stereocenters. The number of halogens is 1. The number of carbonyl (C=O) groups is 1. The fraction of sp³-hybridized carbons (Fsp3) is 0.353. The lowest BCUT2D eigenvalue weighted by molar-refractivity contribution is -0.123. The van der Waals surface area contributed by atoms with E-state index < -0.39 is 0 Å². The largest absolute Gasteiger partial charge is 0.351 e. The number of thiophene rings is 1. The highest BCUT2D eigenvalue weighted by Gasteiger charge is 2.25. The predicted molar refractivity (Wildman–Crippen MR) is 92.5 cm³/mol. The highest BCUT2D eigenvalue weighted by atomic mass is 79.9. The van der Waals surface area contributed by atoms with Crippen molar-refractivity contribution in [2.45, 2.75) is 32.7 Å². The van der Waals surface area contributed by atoms with Crippen molar-refractivity contribution in [3.63, 3.8) is 0 Å². The number of benzene rings is 1. The molecule has 2 rings (SSSR count). The summed E-state index contributed by atoms with van der Waals surface area (Å²) in [6.45, 7) is 4.86. The smallest absolute Gasteiger partial charge is 0.228 e. The number of rotatable bonds is 6. The van der Waals surface area contributed by atoms with E-state index in [2.05, 4.69) is 35.1 Å². The summed E-state index contributed by atoms with van der Waals surface area (Å²) in [5.41, 5.74) is 1.09. The number of amides is 1. The van der Waals surface area contributed by atoms with Gasteiger partial charge in [-0.2, -0.15) is 0 Å². The molecule has 0 saturated carbocycles. The van der Waals surface area contributed by atoms with Gasteiger partial charge in [-0.1, -0.05) is 50.6 Å². The Morgan fingerprint density at radius 1 is 1.24 bits per heavy atom. The summed E-state index contributed by atoms with van der Waals surface area (Å²) < 4.78 is 1.09. The van der Waals surface area contributed by atoms with E-state index in [0.717, 1.165) is 20.6 Å². The zero-order valence-corrected chi connectivity index (χ0v) is 14.7. The van der Waals surface area contributed by atoms with Gasteiger partial charge in [0.05, 0.1) is 16.2 Å². The van der Waals surface area contributed by atoms with Crippen molar-refractivity contribution in [2.24, 2.45) is 5.92 Å². The van der Waals surface area contributed by atoms with Crippen molar-refractivity contribution in [3.05, 3.63) is 56.7 Å². The first kappa shape index (κ1) is 16.2. The maximum absolute atomic E-state index is 12.6. The fourth-order valence-electron chi connectivity index (χ4n) is 2.37. The monoisotopic (exact) mass is 365 g/mol. The third-order valence-electron chi connectivity index (χ3n) is 3.72. The highest BCUT2D eigenvalue weighted by molar-refractivity contribution is 9.11. The molecule has 0 aliphatic heterocycles. The molecule has 2 aromatic rings. The second-order valence-electron chi connectivity index (χ2n) is 5.20. The Bertz CT molecular complexity index is 581. The van der Waals surface area contributed by atoms with E-state index in [1.807, 2.05) is 42.5 Å². The van der Waals surface area contributed by atoms with E-state index in [9.17, 15) is 4.79 Å². The van der Waals surface area contributed by atoms with Crippen molar-refractivity contribution in [2.75, 3.05) is 0 Å². The second kappa shape index (κ2) is 7.76. The third-order valence-corrected chi connectivity index (χ3v) is 5.34. The van der Waals surface area contributed by atoms with Gasteiger partial charge in [-0.25, -0.2) is 0 Å². The summed E-state index contributed by atoms with van der Waals surface area (Å²) in [5.74, 6) is 0.349. The fourth-order valence-corrected chi connectivity index (χ4v) is 3.79. The maximum atomic E-state index is 12.6. The molecule has 1 heterocycles. The molecule has 0 bridgehead atoms. The van der Waals surface area contributed by atoms with Gasteiger partial charge in [0.2, 0.25) is 5.91 Å². The first-order chi connectivity index (χ1) is 10.1. The van der Waals surface area contributed by atoms with Crippen LogP contribution in [-0.4, -0.2) is 5.91 Å². The van der Waals surface area contributed by atoms with Gasteiger partial charge in [0.15, 0.2) is 0 Å². The molecule has 1 amide bonds. The molecular formula is C17H20BrNOS. The molecule has 0 aliphatic rings. The van der Waals surface area contributed by atoms with Gasteiger partial charge in [-0.3, -0.25) is 4.79 Å². The average molecular weight is 366 g/mol. The quantitative estimate of drug-likeness (QED) is 0.770. The normalized spacial score (nSPS) is 13.7. The molecule has 21 heavy (non-hydrogen) atoms. The van der Waals surface area contributed by atoms with Crippen LogP contribution in [0.4, 0.5) is 0 Å². The van der Waals surface area contributed by atoms with Gasteiger partial charge in [0.25, 0.3) is 0 Å². The molecule has 2 unspecified atom stereocenters. The van der Waals surface area contributed by atoms with Gasteiger partial charge in [-0.05, 0) is 39.5 Å². The van der Waals surface area contributed by atoms with Crippen LogP contribution in [0.2, 0.25) is 0 Å². The summed E-state index contributed by atoms with van der Waals surface area (Å²) >= 11 is 5.10. The molecule has 1 aromatic heterocycles. The van der Waals surface area contributed by atoms with Crippen molar-refractivity contribution in [3.8, 4) is 0 Å². The summed E-state index contributed by atoms with van der Waals surface area (Å²) in [4.78, 5) is 13.8. The van der Waals surface area contributed by atoms with E-state index in [0.29, 0.717) is 12.5 Å². The lowest BCUT2D eigenvalue weighted by atomic mass is 9.85. The summed E-state index contributed by atoms with van der Waals surface area (Å²) in [6, 6.07) is 14.1. The number of carbonyl (C=O) groups excluding carboxylic acids is 1. The number of nitrogens with one attached hydrogen (secondary N) is 1. The molecule has 1 aromatic carbocycles. The lowest BCUT2D eigenvalue weighted by Gasteiger charge is -2.22. The Labute approximate surface area is 138 Å². The Balaban J connectivity index is 2.08. The Morgan fingerprint density at radius 2 is 1.95 bits per heavy atom. The van der Waals surface area contributed by atoms with Crippen molar-refractivity contribution < 1.29 is 4.79 Å². The molecule has 4 heteroatoms. The van der Waals surface area contributed by atoms with Gasteiger partial charge in [-0.15, -0.1) is 11.3 Å². The number of hydrogen-bond acceptors (Lipinski definition) is 2. The molecule has 112 valence electrons. The standard InChI is InChI=1S/C17H20BrNOS/c1-3-12(2)16(13-7-5-4-6-8-13)17(20)19-11-14-9-10-15(18)21-14/h4-10,12,16H,3,11H2,1-2H3,(H,19,20). The highest BCUT2D eigenvalue weighted by Crippen LogP contribution is 2.27. The predicted octanol–water partition coefficient (Wildman–Crippen LogP) is 4.96.